The van der Waals surface area contributed by atoms with Gasteiger partial charge in [0.2, 0.25) is 0 Å². The minimum atomic E-state index is -1.36. The largest absolute Gasteiger partial charge is 0.550 e. The van der Waals surface area contributed by atoms with Crippen LogP contribution in [-0.4, -0.2) is 11.8 Å². The second-order valence-corrected chi connectivity index (χ2v) is 1.75. The molecule has 3 heteroatoms. The summed E-state index contributed by atoms with van der Waals surface area (Å²) in [5.41, 5.74) is 0.249. The van der Waals surface area contributed by atoms with Crippen molar-refractivity contribution in [3.63, 3.8) is 0 Å². The predicted molar refractivity (Wildman–Crippen MR) is 29.4 cm³/mol. The first-order valence-corrected chi connectivity index (χ1v) is 2.42. The van der Waals surface area contributed by atoms with Gasteiger partial charge in [-0.2, -0.15) is 0 Å². The highest BCUT2D eigenvalue weighted by Gasteiger charge is 2.00. The van der Waals surface area contributed by atoms with E-state index in [1.807, 2.05) is 0 Å². The van der Waals surface area contributed by atoms with Crippen LogP contribution in [-0.2, 0) is 9.59 Å². The van der Waals surface area contributed by atoms with E-state index in [9.17, 15) is 14.7 Å². The van der Waals surface area contributed by atoms with Crippen LogP contribution in [0.2, 0.25) is 0 Å². The Labute approximate surface area is 53.0 Å². The summed E-state index contributed by atoms with van der Waals surface area (Å²) in [4.78, 5) is 20.2. The molecule has 0 heterocycles. The molecule has 0 rings (SSSR count). The van der Waals surface area contributed by atoms with Gasteiger partial charge < -0.3 is 9.90 Å². The molecule has 0 aliphatic rings. The number of carboxylic acids is 1. The van der Waals surface area contributed by atoms with Gasteiger partial charge in [-0.25, -0.2) is 0 Å². The molecular weight excluding hydrogens is 120 g/mol. The normalized spacial score (nSPS) is 8.56. The number of rotatable bonds is 3. The van der Waals surface area contributed by atoms with Gasteiger partial charge in [0, 0.05) is 5.97 Å². The molecule has 0 aliphatic heterocycles. The molecular formula is C6H7O3-. The fourth-order valence-electron chi connectivity index (χ4n) is 0.282. The third-order valence-corrected chi connectivity index (χ3v) is 0.781. The van der Waals surface area contributed by atoms with Crippen molar-refractivity contribution in [2.45, 2.75) is 13.3 Å². The second kappa shape index (κ2) is 3.02. The molecule has 0 saturated heterocycles. The van der Waals surface area contributed by atoms with E-state index in [2.05, 4.69) is 6.58 Å². The summed E-state index contributed by atoms with van der Waals surface area (Å²) in [5, 5.41) is 9.74. The Balaban J connectivity index is 3.79. The van der Waals surface area contributed by atoms with Gasteiger partial charge in [-0.3, -0.25) is 4.79 Å². The molecule has 0 radical (unpaired) electrons. The highest BCUT2D eigenvalue weighted by atomic mass is 16.4. The first-order valence-electron chi connectivity index (χ1n) is 2.42. The van der Waals surface area contributed by atoms with Crippen LogP contribution in [0.4, 0.5) is 0 Å². The molecule has 0 aromatic rings. The van der Waals surface area contributed by atoms with Gasteiger partial charge in [-0.05, 0) is 12.5 Å². The van der Waals surface area contributed by atoms with E-state index < -0.39 is 18.2 Å². The zero-order chi connectivity index (χ0) is 7.44. The zero-order valence-electron chi connectivity index (χ0n) is 5.14. The molecule has 50 valence electrons. The molecule has 0 unspecified atom stereocenters. The molecule has 0 aromatic heterocycles. The standard InChI is InChI=1S/C6H8O3/c1-4(2)5(7)3-6(8)9/h1,3H2,2H3,(H,8,9)/p-1. The number of hydrogen-bond acceptors (Lipinski definition) is 3. The molecule has 0 aromatic carbocycles. The van der Waals surface area contributed by atoms with E-state index in [0.29, 0.717) is 0 Å². The fraction of sp³-hybridized carbons (Fsp3) is 0.333. The molecule has 3 nitrogen and oxygen atoms in total. The van der Waals surface area contributed by atoms with E-state index >= 15 is 0 Å². The Morgan fingerprint density at radius 2 is 2.00 bits per heavy atom. The lowest BCUT2D eigenvalue weighted by Gasteiger charge is -1.98. The zero-order valence-corrected chi connectivity index (χ0v) is 5.14. The van der Waals surface area contributed by atoms with E-state index in [4.69, 9.17) is 0 Å². The summed E-state index contributed by atoms with van der Waals surface area (Å²) in [6, 6.07) is 0. The minimum Gasteiger partial charge on any atom is -0.550 e. The Kier molecular flexibility index (Phi) is 2.64. The van der Waals surface area contributed by atoms with Crippen LogP contribution in [0, 0.1) is 0 Å². The third-order valence-electron chi connectivity index (χ3n) is 0.781. The lowest BCUT2D eigenvalue weighted by atomic mass is 10.2. The van der Waals surface area contributed by atoms with Crippen molar-refractivity contribution in [2.75, 3.05) is 0 Å². The highest BCUT2D eigenvalue weighted by Crippen LogP contribution is 1.92. The molecule has 0 atom stereocenters. The van der Waals surface area contributed by atoms with Crippen LogP contribution >= 0.6 is 0 Å². The average molecular weight is 127 g/mol. The van der Waals surface area contributed by atoms with Crippen LogP contribution in [0.15, 0.2) is 12.2 Å². The van der Waals surface area contributed by atoms with Gasteiger partial charge in [-0.15, -0.1) is 0 Å². The number of carboxylic acid groups (broad SMARTS) is 1. The maximum Gasteiger partial charge on any atom is 0.163 e. The second-order valence-electron chi connectivity index (χ2n) is 1.75. The number of aliphatic carboxylic acids is 1. The number of carbonyl (C=O) groups is 2. The van der Waals surface area contributed by atoms with Crippen LogP contribution in [0.5, 0.6) is 0 Å². The van der Waals surface area contributed by atoms with Crippen molar-refractivity contribution in [1.29, 1.82) is 0 Å². The summed E-state index contributed by atoms with van der Waals surface area (Å²) >= 11 is 0. The number of carbonyl (C=O) groups excluding carboxylic acids is 2. The molecule has 0 amide bonds. The van der Waals surface area contributed by atoms with Crippen LogP contribution in [0.3, 0.4) is 0 Å². The quantitative estimate of drug-likeness (QED) is 0.371. The number of allylic oxidation sites excluding steroid dienone is 1. The van der Waals surface area contributed by atoms with Gasteiger partial charge in [0.15, 0.2) is 5.78 Å². The Bertz CT molecular complexity index is 158. The van der Waals surface area contributed by atoms with Gasteiger partial charge in [-0.1, -0.05) is 6.58 Å². The molecule has 0 N–H and O–H groups in total. The summed E-state index contributed by atoms with van der Waals surface area (Å²) in [5.74, 6) is -1.84. The van der Waals surface area contributed by atoms with Crippen molar-refractivity contribution in [3.8, 4) is 0 Å². The third kappa shape index (κ3) is 3.46. The Morgan fingerprint density at radius 3 is 2.11 bits per heavy atom. The maximum atomic E-state index is 10.4. The van der Waals surface area contributed by atoms with E-state index in [0.717, 1.165) is 0 Å². The SMILES string of the molecule is C=C(C)C(=O)CC(=O)[O-]. The summed E-state index contributed by atoms with van der Waals surface area (Å²) in [6.45, 7) is 4.73. The summed E-state index contributed by atoms with van der Waals surface area (Å²) in [7, 11) is 0. The monoisotopic (exact) mass is 127 g/mol. The number of ketones is 1. The fourth-order valence-corrected chi connectivity index (χ4v) is 0.282. The smallest absolute Gasteiger partial charge is 0.163 e. The summed E-state index contributed by atoms with van der Waals surface area (Å²) < 4.78 is 0. The number of Topliss-reactive ketones (excluding diaryl/α,β-unsaturated/α-hetero) is 1. The topological polar surface area (TPSA) is 57.2 Å². The van der Waals surface area contributed by atoms with Gasteiger partial charge in [0.05, 0.1) is 6.42 Å². The van der Waals surface area contributed by atoms with Crippen molar-refractivity contribution < 1.29 is 14.7 Å². The molecule has 0 aliphatic carbocycles. The number of hydrogen-bond donors (Lipinski definition) is 0. The minimum absolute atomic E-state index is 0.249. The van der Waals surface area contributed by atoms with Crippen LogP contribution in [0.25, 0.3) is 0 Å². The molecule has 0 saturated carbocycles. The Hall–Kier alpha value is -1.12. The van der Waals surface area contributed by atoms with Crippen LogP contribution < -0.4 is 5.11 Å². The summed E-state index contributed by atoms with van der Waals surface area (Å²) in [6.07, 6.45) is -0.560. The van der Waals surface area contributed by atoms with Crippen LogP contribution in [0.1, 0.15) is 13.3 Å². The molecule has 0 fully saturated rings. The average Bonchev–Trinajstić information content (AvgIpc) is 1.63. The molecule has 0 bridgehead atoms. The predicted octanol–water partition coefficient (Wildman–Crippen LogP) is -0.728. The highest BCUT2D eigenvalue weighted by molar-refractivity contribution is 6.03. The van der Waals surface area contributed by atoms with E-state index in [-0.39, 0.29) is 5.57 Å². The van der Waals surface area contributed by atoms with Crippen molar-refractivity contribution in [1.82, 2.24) is 0 Å². The lowest BCUT2D eigenvalue weighted by Crippen LogP contribution is -2.25. The van der Waals surface area contributed by atoms with Crippen molar-refractivity contribution in [2.24, 2.45) is 0 Å². The van der Waals surface area contributed by atoms with Gasteiger partial charge >= 0.3 is 0 Å². The lowest BCUT2D eigenvalue weighted by molar-refractivity contribution is -0.304. The van der Waals surface area contributed by atoms with Gasteiger partial charge in [0.25, 0.3) is 0 Å². The molecule has 0 spiro atoms. The van der Waals surface area contributed by atoms with Crippen molar-refractivity contribution in [3.05, 3.63) is 12.2 Å². The van der Waals surface area contributed by atoms with Gasteiger partial charge in [0.1, 0.15) is 0 Å². The Morgan fingerprint density at radius 1 is 1.56 bits per heavy atom. The molecule has 9 heavy (non-hydrogen) atoms. The van der Waals surface area contributed by atoms with Crippen molar-refractivity contribution >= 4 is 11.8 Å². The maximum absolute atomic E-state index is 10.4. The van der Waals surface area contributed by atoms with E-state index in [1.54, 1.807) is 0 Å². The first-order chi connectivity index (χ1) is 4.04. The van der Waals surface area contributed by atoms with E-state index in [1.165, 1.54) is 6.92 Å². The first kappa shape index (κ1) is 7.88.